The van der Waals surface area contributed by atoms with Gasteiger partial charge in [-0.3, -0.25) is 9.59 Å². The number of carbonyl (C=O) groups excluding carboxylic acids is 2. The van der Waals surface area contributed by atoms with Gasteiger partial charge in [0.2, 0.25) is 11.8 Å². The molecule has 1 unspecified atom stereocenters. The second kappa shape index (κ2) is 10.4. The molecular weight excluding hydrogens is 494 g/mol. The number of aromatic nitrogens is 1. The summed E-state index contributed by atoms with van der Waals surface area (Å²) in [4.78, 5) is 33.9. The molecule has 0 N–H and O–H groups in total. The van der Waals surface area contributed by atoms with Crippen molar-refractivity contribution in [1.82, 2.24) is 14.8 Å². The minimum absolute atomic E-state index is 0.0772. The van der Waals surface area contributed by atoms with Crippen LogP contribution in [0.3, 0.4) is 0 Å². The maximum Gasteiger partial charge on any atom is 0.275 e. The van der Waals surface area contributed by atoms with Gasteiger partial charge in [-0.2, -0.15) is 0 Å². The van der Waals surface area contributed by atoms with Crippen molar-refractivity contribution >= 4 is 11.8 Å². The first-order valence-corrected chi connectivity index (χ1v) is 13.3. The molecule has 8 nitrogen and oxygen atoms in total. The van der Waals surface area contributed by atoms with Crippen molar-refractivity contribution in [2.45, 2.75) is 45.4 Å². The average molecular weight is 526 g/mol. The zero-order valence-electron chi connectivity index (χ0n) is 22.1. The number of benzene rings is 2. The van der Waals surface area contributed by atoms with Crippen LogP contribution in [-0.4, -0.2) is 40.2 Å². The number of hydrogen-bond donors (Lipinski definition) is 0. The van der Waals surface area contributed by atoms with E-state index in [2.05, 4.69) is 36.2 Å². The van der Waals surface area contributed by atoms with Gasteiger partial charge in [0.1, 0.15) is 17.8 Å². The lowest BCUT2D eigenvalue weighted by Crippen LogP contribution is -2.41. The van der Waals surface area contributed by atoms with Gasteiger partial charge in [-0.25, -0.2) is 4.98 Å². The van der Waals surface area contributed by atoms with Crippen molar-refractivity contribution in [2.75, 3.05) is 13.6 Å². The van der Waals surface area contributed by atoms with Gasteiger partial charge in [0.25, 0.3) is 5.91 Å². The Morgan fingerprint density at radius 3 is 2.74 bits per heavy atom. The van der Waals surface area contributed by atoms with E-state index in [1.54, 1.807) is 19.4 Å². The second-order valence-corrected chi connectivity index (χ2v) is 10.4. The first kappa shape index (κ1) is 25.0. The predicted octanol–water partition coefficient (Wildman–Crippen LogP) is 5.31. The smallest absolute Gasteiger partial charge is 0.275 e. The molecule has 1 fully saturated rings. The predicted molar refractivity (Wildman–Crippen MR) is 143 cm³/mol. The van der Waals surface area contributed by atoms with Crippen LogP contribution in [-0.2, 0) is 24.4 Å². The van der Waals surface area contributed by atoms with Gasteiger partial charge < -0.3 is 23.4 Å². The molecule has 0 radical (unpaired) electrons. The molecule has 2 aromatic heterocycles. The van der Waals surface area contributed by atoms with Crippen LogP contribution in [0, 0.1) is 12.8 Å². The Bertz CT molecular complexity index is 1490. The van der Waals surface area contributed by atoms with E-state index < -0.39 is 0 Å². The highest BCUT2D eigenvalue weighted by Gasteiger charge is 2.39. The highest BCUT2D eigenvalue weighted by Crippen LogP contribution is 2.41. The Labute approximate surface area is 227 Å². The summed E-state index contributed by atoms with van der Waals surface area (Å²) in [7, 11) is 1.69. The highest BCUT2D eigenvalue weighted by atomic mass is 16.5. The molecule has 2 amide bonds. The summed E-state index contributed by atoms with van der Waals surface area (Å²) < 4.78 is 16.9. The van der Waals surface area contributed by atoms with E-state index in [1.165, 1.54) is 16.7 Å². The van der Waals surface area contributed by atoms with Crippen molar-refractivity contribution in [1.29, 1.82) is 0 Å². The normalized spacial score (nSPS) is 16.6. The van der Waals surface area contributed by atoms with Crippen molar-refractivity contribution in [3.8, 4) is 5.75 Å². The molecule has 0 saturated heterocycles. The minimum atomic E-state index is -0.267. The summed E-state index contributed by atoms with van der Waals surface area (Å²) in [6.07, 6.45) is 5.69. The number of ether oxygens (including phenoxy) is 1. The van der Waals surface area contributed by atoms with Gasteiger partial charge in [0, 0.05) is 19.5 Å². The molecule has 1 aliphatic carbocycles. The van der Waals surface area contributed by atoms with Crippen LogP contribution in [0.5, 0.6) is 5.75 Å². The molecule has 3 heterocycles. The zero-order valence-corrected chi connectivity index (χ0v) is 22.1. The molecule has 200 valence electrons. The van der Waals surface area contributed by atoms with E-state index in [0.717, 1.165) is 36.0 Å². The first-order chi connectivity index (χ1) is 19.0. The number of rotatable bonds is 8. The summed E-state index contributed by atoms with van der Waals surface area (Å²) in [5.74, 6) is 1.78. The number of nitrogens with zero attached hydrogens (tertiary/aromatic N) is 3. The van der Waals surface area contributed by atoms with E-state index in [0.29, 0.717) is 30.5 Å². The fourth-order valence-corrected chi connectivity index (χ4v) is 5.21. The van der Waals surface area contributed by atoms with Crippen LogP contribution in [0.4, 0.5) is 0 Å². The van der Waals surface area contributed by atoms with Gasteiger partial charge in [0.05, 0.1) is 18.8 Å². The number of aryl methyl sites for hydroxylation is 1. The molecule has 4 aromatic rings. The zero-order chi connectivity index (χ0) is 26.9. The molecule has 1 aliphatic heterocycles. The largest absolute Gasteiger partial charge is 0.484 e. The summed E-state index contributed by atoms with van der Waals surface area (Å²) >= 11 is 0. The number of furan rings is 1. The lowest BCUT2D eigenvalue weighted by atomic mass is 9.87. The Hall–Kier alpha value is -4.33. The van der Waals surface area contributed by atoms with Crippen LogP contribution in [0.25, 0.3) is 0 Å². The molecule has 1 atom stereocenters. The van der Waals surface area contributed by atoms with Crippen LogP contribution >= 0.6 is 0 Å². The number of fused-ring (bicyclic) bond motifs is 1. The molecule has 2 aliphatic rings. The second-order valence-electron chi connectivity index (χ2n) is 10.4. The molecule has 6 rings (SSSR count). The van der Waals surface area contributed by atoms with Crippen molar-refractivity contribution in [3.05, 3.63) is 107 Å². The van der Waals surface area contributed by atoms with Gasteiger partial charge in [0.15, 0.2) is 12.3 Å². The fourth-order valence-electron chi connectivity index (χ4n) is 5.21. The molecule has 39 heavy (non-hydrogen) atoms. The van der Waals surface area contributed by atoms with E-state index in [4.69, 9.17) is 13.6 Å². The van der Waals surface area contributed by atoms with Crippen molar-refractivity contribution in [3.63, 3.8) is 0 Å². The number of oxazole rings is 1. The molecule has 2 aromatic carbocycles. The average Bonchev–Trinajstić information content (AvgIpc) is 3.46. The molecule has 0 spiro atoms. The summed E-state index contributed by atoms with van der Waals surface area (Å²) in [6.45, 7) is 3.20. The highest BCUT2D eigenvalue weighted by molar-refractivity contribution is 5.91. The van der Waals surface area contributed by atoms with Gasteiger partial charge in [-0.05, 0) is 67.1 Å². The third kappa shape index (κ3) is 5.32. The number of carbonyl (C=O) groups is 2. The van der Waals surface area contributed by atoms with Crippen LogP contribution in [0.2, 0.25) is 0 Å². The maximum absolute atomic E-state index is 13.3. The maximum atomic E-state index is 13.3. The lowest BCUT2D eigenvalue weighted by Gasteiger charge is -2.38. The Morgan fingerprint density at radius 2 is 1.97 bits per heavy atom. The number of hydrogen-bond acceptors (Lipinski definition) is 6. The number of amides is 2. The fraction of sp³-hybridized carbons (Fsp3) is 0.323. The quantitative estimate of drug-likeness (QED) is 0.310. The van der Waals surface area contributed by atoms with Gasteiger partial charge >= 0.3 is 0 Å². The molecular formula is C31H31N3O5. The molecule has 0 bridgehead atoms. The van der Waals surface area contributed by atoms with Gasteiger partial charge in [-0.1, -0.05) is 35.9 Å². The summed E-state index contributed by atoms with van der Waals surface area (Å²) in [5.41, 5.74) is 4.78. The van der Waals surface area contributed by atoms with Crippen LogP contribution < -0.4 is 4.74 Å². The van der Waals surface area contributed by atoms with Crippen LogP contribution in [0.1, 0.15) is 63.3 Å². The van der Waals surface area contributed by atoms with Crippen LogP contribution in [0.15, 0.2) is 76.0 Å². The molecule has 1 saturated carbocycles. The van der Waals surface area contributed by atoms with E-state index in [1.807, 2.05) is 29.2 Å². The minimum Gasteiger partial charge on any atom is -0.484 e. The van der Waals surface area contributed by atoms with Gasteiger partial charge in [-0.15, -0.1) is 0 Å². The summed E-state index contributed by atoms with van der Waals surface area (Å²) in [6, 6.07) is 17.9. The molecule has 8 heteroatoms. The van der Waals surface area contributed by atoms with E-state index >= 15 is 0 Å². The summed E-state index contributed by atoms with van der Waals surface area (Å²) in [5, 5.41) is 0. The standard InChI is InChI=1S/C31H31N3O5/c1-20-5-3-6-23(15-20)29-26-16-24(11-10-21(26)12-13-34(29)30(35)22-8-9-22)38-19-28-32-27(18-39-28)31(36)33(2)17-25-7-4-14-37-25/h3-7,10-11,14-16,18,22,29H,8-9,12-13,17,19H2,1-2H3. The lowest BCUT2D eigenvalue weighted by molar-refractivity contribution is -0.134. The monoisotopic (exact) mass is 525 g/mol. The topological polar surface area (TPSA) is 89.0 Å². The Balaban J connectivity index is 1.19. The Morgan fingerprint density at radius 1 is 1.10 bits per heavy atom. The van der Waals surface area contributed by atoms with E-state index in [-0.39, 0.29) is 36.1 Å². The Kier molecular flexibility index (Phi) is 6.69. The first-order valence-electron chi connectivity index (χ1n) is 13.3. The SMILES string of the molecule is Cc1cccc(C2c3cc(OCc4nc(C(=O)N(C)Cc5ccco5)co4)ccc3CCN2C(=O)C2CC2)c1. The third-order valence-corrected chi connectivity index (χ3v) is 7.37. The van der Waals surface area contributed by atoms with Crippen molar-refractivity contribution in [2.24, 2.45) is 5.92 Å². The third-order valence-electron chi connectivity index (χ3n) is 7.37. The van der Waals surface area contributed by atoms with E-state index in [9.17, 15) is 9.59 Å². The van der Waals surface area contributed by atoms with Crippen molar-refractivity contribution < 1.29 is 23.2 Å².